The van der Waals surface area contributed by atoms with Gasteiger partial charge in [-0.05, 0) is 42.0 Å². The average molecular weight is 550 g/mol. The van der Waals surface area contributed by atoms with Crippen molar-refractivity contribution in [1.29, 1.82) is 0 Å². The molecular formula is C29H47N3O3S2. The van der Waals surface area contributed by atoms with E-state index in [1.165, 1.54) is 24.0 Å². The van der Waals surface area contributed by atoms with Crippen LogP contribution in [0.3, 0.4) is 0 Å². The summed E-state index contributed by atoms with van der Waals surface area (Å²) < 4.78 is 4.56. The highest BCUT2D eigenvalue weighted by Gasteiger charge is 2.24. The number of ether oxygens (including phenoxy) is 1. The number of nitrogens with one attached hydrogen (secondary N) is 1. The summed E-state index contributed by atoms with van der Waals surface area (Å²) in [6.07, 6.45) is 13.7. The molecule has 0 saturated carbocycles. The van der Waals surface area contributed by atoms with E-state index >= 15 is 0 Å². The van der Waals surface area contributed by atoms with Crippen LogP contribution >= 0.6 is 23.6 Å². The number of carbonyl (C=O) groups excluding carboxylic acids is 2. The fourth-order valence-electron chi connectivity index (χ4n) is 3.50. The Morgan fingerprint density at radius 2 is 1.84 bits per heavy atom. The van der Waals surface area contributed by atoms with Gasteiger partial charge in [0.2, 0.25) is 0 Å². The molecule has 208 valence electrons. The van der Waals surface area contributed by atoms with Crippen LogP contribution in [0.15, 0.2) is 41.3 Å². The molecule has 2 heterocycles. The van der Waals surface area contributed by atoms with Gasteiger partial charge in [0.1, 0.15) is 12.2 Å². The minimum absolute atomic E-state index is 0.0877. The molecule has 1 N–H and O–H groups in total. The van der Waals surface area contributed by atoms with Crippen LogP contribution in [-0.2, 0) is 9.53 Å². The van der Waals surface area contributed by atoms with Gasteiger partial charge in [-0.3, -0.25) is 9.59 Å². The zero-order valence-electron chi connectivity index (χ0n) is 24.2. The van der Waals surface area contributed by atoms with E-state index in [1.807, 2.05) is 32.6 Å². The van der Waals surface area contributed by atoms with Crippen LogP contribution in [0.1, 0.15) is 89.6 Å². The Balaban J connectivity index is 0.000000688. The Labute approximate surface area is 234 Å². The first-order valence-electron chi connectivity index (χ1n) is 13.2. The van der Waals surface area contributed by atoms with Crippen molar-refractivity contribution < 1.29 is 14.3 Å². The molecule has 1 fully saturated rings. The average Bonchev–Trinajstić information content (AvgIpc) is 3.29. The minimum atomic E-state index is -0.337. The molecule has 6 nitrogen and oxygen atoms in total. The van der Waals surface area contributed by atoms with Gasteiger partial charge in [-0.15, -0.1) is 11.3 Å². The molecule has 0 bridgehead atoms. The van der Waals surface area contributed by atoms with Gasteiger partial charge in [0, 0.05) is 24.4 Å². The number of hydrogen-bond donors (Lipinski definition) is 1. The summed E-state index contributed by atoms with van der Waals surface area (Å²) in [7, 11) is 1.35. The summed E-state index contributed by atoms with van der Waals surface area (Å²) in [5.41, 5.74) is 2.21. The molecule has 3 rings (SSSR count). The van der Waals surface area contributed by atoms with Crippen molar-refractivity contribution in [2.75, 3.05) is 26.7 Å². The minimum Gasteiger partial charge on any atom is -0.468 e. The van der Waals surface area contributed by atoms with Crippen LogP contribution in [-0.4, -0.2) is 54.0 Å². The topological polar surface area (TPSA) is 71.5 Å². The highest BCUT2D eigenvalue weighted by Crippen LogP contribution is 2.30. The van der Waals surface area contributed by atoms with Crippen LogP contribution in [0.2, 0.25) is 0 Å². The summed E-state index contributed by atoms with van der Waals surface area (Å²) in [6, 6.07) is 0. The second-order valence-corrected chi connectivity index (χ2v) is 10.5. The fraction of sp³-hybridized carbons (Fsp3) is 0.586. The highest BCUT2D eigenvalue weighted by molar-refractivity contribution is 7.80. The molecule has 1 aromatic heterocycles. The van der Waals surface area contributed by atoms with E-state index in [9.17, 15) is 9.59 Å². The van der Waals surface area contributed by atoms with Crippen molar-refractivity contribution >= 4 is 40.9 Å². The van der Waals surface area contributed by atoms with Crippen LogP contribution in [0.5, 0.6) is 0 Å². The van der Waals surface area contributed by atoms with Gasteiger partial charge in [0.15, 0.2) is 11.4 Å². The van der Waals surface area contributed by atoms with Gasteiger partial charge < -0.3 is 15.0 Å². The van der Waals surface area contributed by atoms with Crippen molar-refractivity contribution in [3.05, 3.63) is 52.0 Å². The number of piperidine rings is 1. The zero-order chi connectivity index (χ0) is 28.4. The van der Waals surface area contributed by atoms with E-state index in [1.54, 1.807) is 5.38 Å². The molecule has 1 saturated heterocycles. The van der Waals surface area contributed by atoms with E-state index in [0.29, 0.717) is 22.6 Å². The molecule has 0 aromatic carbocycles. The summed E-state index contributed by atoms with van der Waals surface area (Å²) in [4.78, 5) is 28.1. The quantitative estimate of drug-likeness (QED) is 0.247. The highest BCUT2D eigenvalue weighted by atomic mass is 32.1. The number of rotatable bonds is 4. The van der Waals surface area contributed by atoms with E-state index in [0.717, 1.165) is 37.2 Å². The maximum atomic E-state index is 11.1. The number of thiazole rings is 1. The monoisotopic (exact) mass is 549 g/mol. The molecule has 0 spiro atoms. The van der Waals surface area contributed by atoms with Crippen molar-refractivity contribution in [1.82, 2.24) is 15.2 Å². The first-order chi connectivity index (χ1) is 17.6. The Hall–Kier alpha value is -2.32. The van der Waals surface area contributed by atoms with Gasteiger partial charge in [-0.1, -0.05) is 85.8 Å². The number of hydrogen-bond acceptors (Lipinski definition) is 6. The first kappa shape index (κ1) is 34.7. The molecule has 0 amide bonds. The van der Waals surface area contributed by atoms with Gasteiger partial charge in [0.25, 0.3) is 0 Å². The summed E-state index contributed by atoms with van der Waals surface area (Å²) in [6.45, 7) is 18.7. The Morgan fingerprint density at radius 3 is 2.35 bits per heavy atom. The number of esters is 1. The first-order valence-corrected chi connectivity index (χ1v) is 14.5. The maximum absolute atomic E-state index is 11.1. The normalized spacial score (nSPS) is 16.8. The Morgan fingerprint density at radius 1 is 1.22 bits per heavy atom. The molecule has 1 unspecified atom stereocenters. The van der Waals surface area contributed by atoms with E-state index in [2.05, 4.69) is 73.1 Å². The second kappa shape index (κ2) is 18.9. The molecule has 37 heavy (non-hydrogen) atoms. The molecule has 1 atom stereocenters. The van der Waals surface area contributed by atoms with Crippen molar-refractivity contribution in [2.45, 2.75) is 74.1 Å². The lowest BCUT2D eigenvalue weighted by molar-refractivity contribution is -0.139. The molecule has 1 aromatic rings. The van der Waals surface area contributed by atoms with Crippen molar-refractivity contribution in [3.63, 3.8) is 0 Å². The maximum Gasteiger partial charge on any atom is 0.325 e. The number of aromatic nitrogens is 1. The molecule has 8 heteroatoms. The van der Waals surface area contributed by atoms with E-state index in [-0.39, 0.29) is 17.9 Å². The SMILES string of the molecule is CC.CC.CC1C=CC=CC(C(C)(C)C)=C1.COC(=O)CNC(=S)N1CCC(c2nc(C=O)cs2)CC1. The Bertz CT molecular complexity index is 906. The van der Waals surface area contributed by atoms with Crippen molar-refractivity contribution in [3.8, 4) is 0 Å². The number of nitrogens with zero attached hydrogens (tertiary/aromatic N) is 2. The number of thiocarbonyl (C=S) groups is 1. The number of methoxy groups -OCH3 is 1. The zero-order valence-corrected chi connectivity index (χ0v) is 25.8. The van der Waals surface area contributed by atoms with Gasteiger partial charge in [0.05, 0.1) is 12.1 Å². The summed E-state index contributed by atoms with van der Waals surface area (Å²) in [5.74, 6) is 0.606. The molecule has 1 aliphatic heterocycles. The smallest absolute Gasteiger partial charge is 0.325 e. The van der Waals surface area contributed by atoms with Crippen LogP contribution in [0.25, 0.3) is 0 Å². The van der Waals surface area contributed by atoms with E-state index in [4.69, 9.17) is 12.2 Å². The van der Waals surface area contributed by atoms with E-state index < -0.39 is 0 Å². The van der Waals surface area contributed by atoms with Crippen molar-refractivity contribution in [2.24, 2.45) is 11.3 Å². The summed E-state index contributed by atoms with van der Waals surface area (Å²) >= 11 is 6.80. The number of allylic oxidation sites excluding steroid dienone is 6. The predicted octanol–water partition coefficient (Wildman–Crippen LogP) is 6.96. The molecule has 1 aliphatic carbocycles. The van der Waals surface area contributed by atoms with Crippen LogP contribution in [0, 0.1) is 11.3 Å². The third-order valence-electron chi connectivity index (χ3n) is 5.51. The van der Waals surface area contributed by atoms with Crippen LogP contribution < -0.4 is 5.32 Å². The molecular weight excluding hydrogens is 502 g/mol. The number of likely N-dealkylation sites (tertiary alicyclic amines) is 1. The van der Waals surface area contributed by atoms with Gasteiger partial charge in [-0.25, -0.2) is 4.98 Å². The standard InChI is InChI=1S/C13H17N3O3S2.C12H18.2C2H6/c1-19-11(18)6-14-13(20)16-4-2-9(3-5-16)12-15-10(7-17)8-21-12;1-10-7-5-6-8-11(9-10)12(2,3)4;2*1-2/h7-9H,2-6H2,1H3,(H,14,20);5-10H,1-4H3;2*1-2H3. The lowest BCUT2D eigenvalue weighted by Crippen LogP contribution is -2.45. The third-order valence-corrected chi connectivity index (χ3v) is 6.94. The Kier molecular flexibility index (Phi) is 17.7. The lowest BCUT2D eigenvalue weighted by Gasteiger charge is -2.32. The fourth-order valence-corrected chi connectivity index (χ4v) is 4.69. The number of carbonyl (C=O) groups is 2. The third kappa shape index (κ3) is 13.2. The lowest BCUT2D eigenvalue weighted by atomic mass is 9.85. The number of aldehydes is 1. The largest absolute Gasteiger partial charge is 0.468 e. The van der Waals surface area contributed by atoms with Gasteiger partial charge in [-0.2, -0.15) is 0 Å². The predicted molar refractivity (Wildman–Crippen MR) is 161 cm³/mol. The summed E-state index contributed by atoms with van der Waals surface area (Å²) in [5, 5.41) is 6.28. The second-order valence-electron chi connectivity index (χ2n) is 9.20. The molecule has 2 aliphatic rings. The molecule has 0 radical (unpaired) electrons. The van der Waals surface area contributed by atoms with Gasteiger partial charge >= 0.3 is 5.97 Å². The van der Waals surface area contributed by atoms with Crippen LogP contribution in [0.4, 0.5) is 0 Å².